The predicted molar refractivity (Wildman–Crippen MR) is 203 cm³/mol. The molecule has 6 nitrogen and oxygen atoms in total. The van der Waals surface area contributed by atoms with Crippen LogP contribution < -0.4 is 0 Å². The fourth-order valence-electron chi connectivity index (χ4n) is 5.27. The molecule has 1 amide bonds. The minimum atomic E-state index is -0.215. The molecule has 0 fully saturated rings. The molecule has 0 radical (unpaired) electrons. The van der Waals surface area contributed by atoms with Gasteiger partial charge < -0.3 is 14.4 Å². The number of allylic oxidation sites excluding steroid dienone is 8. The Kier molecular flexibility index (Phi) is 35.2. The summed E-state index contributed by atoms with van der Waals surface area (Å²) in [5.74, 6) is -0.550. The fourth-order valence-corrected chi connectivity index (χ4v) is 5.27. The van der Waals surface area contributed by atoms with Crippen LogP contribution in [-0.4, -0.2) is 49.0 Å². The van der Waals surface area contributed by atoms with Crippen LogP contribution in [0.15, 0.2) is 48.6 Å². The summed E-state index contributed by atoms with van der Waals surface area (Å²) in [6.45, 7) is 6.90. The molecule has 0 heterocycles. The number of rotatable bonds is 34. The summed E-state index contributed by atoms with van der Waals surface area (Å²) in [7, 11) is 0. The first kappa shape index (κ1) is 45.4. The van der Waals surface area contributed by atoms with Gasteiger partial charge in [-0.2, -0.15) is 0 Å². The Morgan fingerprint density at radius 3 is 1.15 bits per heavy atom. The second-order valence-corrected chi connectivity index (χ2v) is 12.9. The van der Waals surface area contributed by atoms with Crippen LogP contribution >= 0.6 is 0 Å². The first-order chi connectivity index (χ1) is 23.5. The SMILES string of the molecule is CCCCC/C=C\C/C=C\CCCCCCCC(=O)OCCN(CCOC(=O)CCCCCCC/C=C\C/C=C\CCCCC)C(C)=O. The summed E-state index contributed by atoms with van der Waals surface area (Å²) >= 11 is 0. The van der Waals surface area contributed by atoms with Gasteiger partial charge in [-0.3, -0.25) is 14.4 Å². The summed E-state index contributed by atoms with van der Waals surface area (Å²) in [6, 6.07) is 0. The third kappa shape index (κ3) is 34.7. The third-order valence-corrected chi connectivity index (χ3v) is 8.36. The summed E-state index contributed by atoms with van der Waals surface area (Å²) < 4.78 is 10.7. The Labute approximate surface area is 295 Å². The predicted octanol–water partition coefficient (Wildman–Crippen LogP) is 11.5. The van der Waals surface area contributed by atoms with E-state index in [0.717, 1.165) is 64.2 Å². The maximum absolute atomic E-state index is 12.1. The lowest BCUT2D eigenvalue weighted by Crippen LogP contribution is -2.35. The first-order valence-electron chi connectivity index (χ1n) is 19.7. The summed E-state index contributed by atoms with van der Waals surface area (Å²) in [6.07, 6.45) is 44.2. The zero-order valence-corrected chi connectivity index (χ0v) is 31.4. The molecular formula is C42H73NO5. The van der Waals surface area contributed by atoms with Crippen molar-refractivity contribution in [2.45, 2.75) is 175 Å². The van der Waals surface area contributed by atoms with Crippen molar-refractivity contribution in [1.29, 1.82) is 0 Å². The molecule has 0 atom stereocenters. The number of hydrogen-bond donors (Lipinski definition) is 0. The highest BCUT2D eigenvalue weighted by Crippen LogP contribution is 2.10. The van der Waals surface area contributed by atoms with Gasteiger partial charge in [0.15, 0.2) is 0 Å². The number of ether oxygens (including phenoxy) is 2. The van der Waals surface area contributed by atoms with Gasteiger partial charge in [0.05, 0.1) is 13.1 Å². The number of esters is 2. The van der Waals surface area contributed by atoms with Crippen molar-refractivity contribution in [2.24, 2.45) is 0 Å². The van der Waals surface area contributed by atoms with E-state index < -0.39 is 0 Å². The van der Waals surface area contributed by atoms with Gasteiger partial charge in [0.25, 0.3) is 0 Å². The van der Waals surface area contributed by atoms with Crippen LogP contribution in [0.25, 0.3) is 0 Å². The normalized spacial score (nSPS) is 11.8. The smallest absolute Gasteiger partial charge is 0.305 e. The van der Waals surface area contributed by atoms with Crippen molar-refractivity contribution >= 4 is 17.8 Å². The van der Waals surface area contributed by atoms with Crippen molar-refractivity contribution in [2.75, 3.05) is 26.3 Å². The van der Waals surface area contributed by atoms with E-state index in [1.54, 1.807) is 4.90 Å². The molecule has 0 aromatic heterocycles. The van der Waals surface area contributed by atoms with Crippen LogP contribution in [0.5, 0.6) is 0 Å². The minimum absolute atomic E-state index is 0.121. The van der Waals surface area contributed by atoms with Gasteiger partial charge >= 0.3 is 11.9 Å². The number of unbranched alkanes of at least 4 members (excludes halogenated alkanes) is 16. The van der Waals surface area contributed by atoms with E-state index in [4.69, 9.17) is 9.47 Å². The maximum atomic E-state index is 12.1. The number of carbonyl (C=O) groups excluding carboxylic acids is 3. The second kappa shape index (κ2) is 37.2. The van der Waals surface area contributed by atoms with Gasteiger partial charge in [-0.1, -0.05) is 127 Å². The number of hydrogen-bond acceptors (Lipinski definition) is 5. The number of nitrogens with zero attached hydrogens (tertiary/aromatic N) is 1. The molecule has 0 N–H and O–H groups in total. The fraction of sp³-hybridized carbons (Fsp3) is 0.738. The Balaban J connectivity index is 3.70. The van der Waals surface area contributed by atoms with E-state index >= 15 is 0 Å². The lowest BCUT2D eigenvalue weighted by Gasteiger charge is -2.20. The molecule has 48 heavy (non-hydrogen) atoms. The Bertz CT molecular complexity index is 811. The van der Waals surface area contributed by atoms with Crippen molar-refractivity contribution in [1.82, 2.24) is 4.90 Å². The molecule has 276 valence electrons. The lowest BCUT2D eigenvalue weighted by molar-refractivity contribution is -0.147. The molecule has 0 aromatic rings. The molecule has 0 saturated heterocycles. The lowest BCUT2D eigenvalue weighted by atomic mass is 10.1. The van der Waals surface area contributed by atoms with Crippen molar-refractivity contribution in [3.63, 3.8) is 0 Å². The summed E-state index contributed by atoms with van der Waals surface area (Å²) in [5.41, 5.74) is 0. The Hall–Kier alpha value is -2.63. The zero-order valence-electron chi connectivity index (χ0n) is 31.4. The highest BCUT2D eigenvalue weighted by atomic mass is 16.5. The van der Waals surface area contributed by atoms with Crippen LogP contribution in [0.3, 0.4) is 0 Å². The molecule has 0 unspecified atom stereocenters. The molecule has 0 aliphatic carbocycles. The van der Waals surface area contributed by atoms with Crippen LogP contribution in [0.4, 0.5) is 0 Å². The van der Waals surface area contributed by atoms with Gasteiger partial charge in [-0.05, 0) is 77.0 Å². The Morgan fingerprint density at radius 2 is 0.792 bits per heavy atom. The van der Waals surface area contributed by atoms with Crippen molar-refractivity contribution in [3.05, 3.63) is 48.6 Å². The molecule has 0 spiro atoms. The van der Waals surface area contributed by atoms with E-state index in [9.17, 15) is 14.4 Å². The maximum Gasteiger partial charge on any atom is 0.305 e. The van der Waals surface area contributed by atoms with Gasteiger partial charge in [0.2, 0.25) is 5.91 Å². The zero-order chi connectivity index (χ0) is 35.2. The average molecular weight is 672 g/mol. The third-order valence-electron chi connectivity index (χ3n) is 8.36. The molecule has 0 aromatic carbocycles. The van der Waals surface area contributed by atoms with Crippen molar-refractivity contribution in [3.8, 4) is 0 Å². The van der Waals surface area contributed by atoms with Crippen LogP contribution in [0.2, 0.25) is 0 Å². The van der Waals surface area contributed by atoms with Gasteiger partial charge in [-0.25, -0.2) is 0 Å². The van der Waals surface area contributed by atoms with Crippen molar-refractivity contribution < 1.29 is 23.9 Å². The standard InChI is InChI=1S/C42H73NO5/c1-4-6-8-10-12-14-16-18-20-22-24-26-28-30-32-34-41(45)47-38-36-43(40(3)44)37-39-48-42(46)35-33-31-29-27-25-23-21-19-17-15-13-11-9-7-5-2/h12-15,18-21H,4-11,16-17,22-39H2,1-3H3/b14-12-,15-13-,20-18-,21-19-. The van der Waals surface area contributed by atoms with Crippen LogP contribution in [-0.2, 0) is 23.9 Å². The van der Waals surface area contributed by atoms with Crippen LogP contribution in [0.1, 0.15) is 175 Å². The molecular weight excluding hydrogens is 598 g/mol. The largest absolute Gasteiger partial charge is 0.464 e. The number of amides is 1. The first-order valence-corrected chi connectivity index (χ1v) is 19.7. The van der Waals surface area contributed by atoms with E-state index in [1.807, 2.05) is 0 Å². The quantitative estimate of drug-likeness (QED) is 0.0387. The van der Waals surface area contributed by atoms with Crippen LogP contribution in [0, 0.1) is 0 Å². The molecule has 0 rings (SSSR count). The average Bonchev–Trinajstić information content (AvgIpc) is 3.07. The minimum Gasteiger partial charge on any atom is -0.464 e. The second-order valence-electron chi connectivity index (χ2n) is 12.9. The highest BCUT2D eigenvalue weighted by molar-refractivity contribution is 5.73. The number of carbonyl (C=O) groups is 3. The van der Waals surface area contributed by atoms with E-state index in [0.29, 0.717) is 25.9 Å². The Morgan fingerprint density at radius 1 is 0.458 bits per heavy atom. The molecule has 0 aliphatic rings. The van der Waals surface area contributed by atoms with Gasteiger partial charge in [0.1, 0.15) is 13.2 Å². The monoisotopic (exact) mass is 672 g/mol. The van der Waals surface area contributed by atoms with E-state index in [-0.39, 0.29) is 31.1 Å². The van der Waals surface area contributed by atoms with E-state index in [2.05, 4.69) is 62.5 Å². The molecule has 0 saturated carbocycles. The summed E-state index contributed by atoms with van der Waals surface area (Å²) in [5, 5.41) is 0. The topological polar surface area (TPSA) is 72.9 Å². The molecule has 6 heteroatoms. The summed E-state index contributed by atoms with van der Waals surface area (Å²) in [4.78, 5) is 37.7. The molecule has 0 bridgehead atoms. The highest BCUT2D eigenvalue weighted by Gasteiger charge is 2.12. The van der Waals surface area contributed by atoms with E-state index in [1.165, 1.54) is 84.0 Å². The molecule has 0 aliphatic heterocycles. The van der Waals surface area contributed by atoms with Gasteiger partial charge in [-0.15, -0.1) is 0 Å². The van der Waals surface area contributed by atoms with Gasteiger partial charge in [0, 0.05) is 19.8 Å².